The first-order valence-electron chi connectivity index (χ1n) is 6.53. The number of nitrogens with zero attached hydrogens (tertiary/aromatic N) is 1. The Hall–Kier alpha value is -1.75. The van der Waals surface area contributed by atoms with Crippen LogP contribution in [0.5, 0.6) is 0 Å². The van der Waals surface area contributed by atoms with E-state index in [4.69, 9.17) is 16.7 Å². The Kier molecular flexibility index (Phi) is 4.49. The molecule has 20 heavy (non-hydrogen) atoms. The van der Waals surface area contributed by atoms with Crippen molar-refractivity contribution in [2.75, 3.05) is 11.9 Å². The average molecular weight is 297 g/mol. The van der Waals surface area contributed by atoms with Crippen LogP contribution in [0.4, 0.5) is 10.5 Å². The van der Waals surface area contributed by atoms with Crippen molar-refractivity contribution in [3.8, 4) is 0 Å². The number of nitrogens with one attached hydrogen (secondary N) is 1. The standard InChI is InChI=1S/C14H17ClN2O3/c1-9-11(15)5-2-6-12(9)16-14(20)17-7-3-4-10(17)8-13(18)19/h2,5-6,10H,3-4,7-8H2,1H3,(H,16,20)(H,18,19). The molecule has 1 aromatic rings. The summed E-state index contributed by atoms with van der Waals surface area (Å²) >= 11 is 6.01. The van der Waals surface area contributed by atoms with Crippen molar-refractivity contribution in [3.05, 3.63) is 28.8 Å². The van der Waals surface area contributed by atoms with Crippen LogP contribution in [0.1, 0.15) is 24.8 Å². The molecule has 5 nitrogen and oxygen atoms in total. The van der Waals surface area contributed by atoms with E-state index in [1.54, 1.807) is 23.1 Å². The number of carbonyl (C=O) groups is 2. The number of carboxylic acid groups (broad SMARTS) is 1. The molecule has 1 aliphatic rings. The van der Waals surface area contributed by atoms with E-state index >= 15 is 0 Å². The molecule has 1 heterocycles. The van der Waals surface area contributed by atoms with Gasteiger partial charge in [-0.1, -0.05) is 17.7 Å². The molecule has 108 valence electrons. The molecular formula is C14H17ClN2O3. The number of likely N-dealkylation sites (tertiary alicyclic amines) is 1. The topological polar surface area (TPSA) is 69.6 Å². The monoisotopic (exact) mass is 296 g/mol. The van der Waals surface area contributed by atoms with Gasteiger partial charge < -0.3 is 15.3 Å². The zero-order valence-electron chi connectivity index (χ0n) is 11.2. The number of anilines is 1. The summed E-state index contributed by atoms with van der Waals surface area (Å²) in [4.78, 5) is 24.6. The van der Waals surface area contributed by atoms with Gasteiger partial charge in [0.15, 0.2) is 0 Å². The van der Waals surface area contributed by atoms with Gasteiger partial charge in [-0.2, -0.15) is 0 Å². The molecule has 0 radical (unpaired) electrons. The second kappa shape index (κ2) is 6.13. The molecule has 6 heteroatoms. The number of hydrogen-bond acceptors (Lipinski definition) is 2. The van der Waals surface area contributed by atoms with Crippen LogP contribution in [0.3, 0.4) is 0 Å². The highest BCUT2D eigenvalue weighted by Crippen LogP contribution is 2.25. The molecule has 0 bridgehead atoms. The molecule has 2 rings (SSSR count). The van der Waals surface area contributed by atoms with Crippen LogP contribution >= 0.6 is 11.6 Å². The van der Waals surface area contributed by atoms with Gasteiger partial charge in [0.25, 0.3) is 0 Å². The first-order valence-corrected chi connectivity index (χ1v) is 6.91. The third-order valence-electron chi connectivity index (χ3n) is 3.56. The van der Waals surface area contributed by atoms with E-state index in [1.165, 1.54) is 0 Å². The maximum absolute atomic E-state index is 12.2. The van der Waals surface area contributed by atoms with Gasteiger partial charge in [0.2, 0.25) is 0 Å². The number of amides is 2. The van der Waals surface area contributed by atoms with Gasteiger partial charge in [-0.05, 0) is 37.5 Å². The molecule has 0 aliphatic carbocycles. The fourth-order valence-electron chi connectivity index (χ4n) is 2.45. The first-order chi connectivity index (χ1) is 9.49. The largest absolute Gasteiger partial charge is 0.481 e. The molecule has 1 atom stereocenters. The molecule has 0 aromatic heterocycles. The van der Waals surface area contributed by atoms with Gasteiger partial charge >= 0.3 is 12.0 Å². The molecule has 1 aromatic carbocycles. The number of carboxylic acids is 1. The number of rotatable bonds is 3. The quantitative estimate of drug-likeness (QED) is 0.900. The number of aliphatic carboxylic acids is 1. The summed E-state index contributed by atoms with van der Waals surface area (Å²) in [7, 11) is 0. The van der Waals surface area contributed by atoms with E-state index in [9.17, 15) is 9.59 Å². The number of carbonyl (C=O) groups excluding carboxylic acids is 1. The first kappa shape index (κ1) is 14.7. The number of benzene rings is 1. The second-order valence-electron chi connectivity index (χ2n) is 4.93. The van der Waals surface area contributed by atoms with E-state index in [-0.39, 0.29) is 18.5 Å². The van der Waals surface area contributed by atoms with Crippen LogP contribution in [0, 0.1) is 6.92 Å². The van der Waals surface area contributed by atoms with Crippen molar-refractivity contribution < 1.29 is 14.7 Å². The highest BCUT2D eigenvalue weighted by atomic mass is 35.5. The third-order valence-corrected chi connectivity index (χ3v) is 3.97. The van der Waals surface area contributed by atoms with E-state index in [0.717, 1.165) is 18.4 Å². The van der Waals surface area contributed by atoms with Crippen molar-refractivity contribution in [2.45, 2.75) is 32.2 Å². The van der Waals surface area contributed by atoms with Crippen molar-refractivity contribution in [2.24, 2.45) is 0 Å². The Balaban J connectivity index is 2.07. The molecule has 1 fully saturated rings. The Morgan fingerprint density at radius 3 is 2.95 bits per heavy atom. The normalized spacial score (nSPS) is 18.1. The molecule has 1 unspecified atom stereocenters. The summed E-state index contributed by atoms with van der Waals surface area (Å²) in [6, 6.07) is 4.81. The lowest BCUT2D eigenvalue weighted by atomic mass is 10.1. The molecule has 2 N–H and O–H groups in total. The van der Waals surface area contributed by atoms with E-state index in [2.05, 4.69) is 5.32 Å². The summed E-state index contributed by atoms with van der Waals surface area (Å²) in [5, 5.41) is 12.3. The fraction of sp³-hybridized carbons (Fsp3) is 0.429. The number of halogens is 1. The van der Waals surface area contributed by atoms with E-state index < -0.39 is 5.97 Å². The molecule has 2 amide bonds. The van der Waals surface area contributed by atoms with Gasteiger partial charge in [-0.15, -0.1) is 0 Å². The highest BCUT2D eigenvalue weighted by Gasteiger charge is 2.30. The zero-order chi connectivity index (χ0) is 14.7. The third kappa shape index (κ3) is 3.22. The fourth-order valence-corrected chi connectivity index (χ4v) is 2.62. The molecule has 1 saturated heterocycles. The summed E-state index contributed by atoms with van der Waals surface area (Å²) in [6.45, 7) is 2.42. The van der Waals surface area contributed by atoms with Crippen molar-refractivity contribution >= 4 is 29.3 Å². The molecule has 1 aliphatic heterocycles. The summed E-state index contributed by atoms with van der Waals surface area (Å²) in [5.74, 6) is -0.881. The predicted molar refractivity (Wildman–Crippen MR) is 77.2 cm³/mol. The molecular weight excluding hydrogens is 280 g/mol. The van der Waals surface area contributed by atoms with Crippen LogP contribution < -0.4 is 5.32 Å². The van der Waals surface area contributed by atoms with Crippen molar-refractivity contribution in [1.29, 1.82) is 0 Å². The van der Waals surface area contributed by atoms with Gasteiger partial charge in [-0.25, -0.2) is 4.79 Å². The molecule has 0 saturated carbocycles. The minimum absolute atomic E-state index is 0.0120. The summed E-state index contributed by atoms with van der Waals surface area (Å²) < 4.78 is 0. The Labute approximate surface area is 122 Å². The second-order valence-corrected chi connectivity index (χ2v) is 5.34. The zero-order valence-corrected chi connectivity index (χ0v) is 12.0. The summed E-state index contributed by atoms with van der Waals surface area (Å²) in [6.07, 6.45) is 1.55. The minimum atomic E-state index is -0.881. The van der Waals surface area contributed by atoms with Gasteiger partial charge in [0.05, 0.1) is 6.42 Å². The van der Waals surface area contributed by atoms with Crippen LogP contribution in [0.15, 0.2) is 18.2 Å². The average Bonchev–Trinajstić information content (AvgIpc) is 2.82. The lowest BCUT2D eigenvalue weighted by Gasteiger charge is -2.24. The minimum Gasteiger partial charge on any atom is -0.481 e. The van der Waals surface area contributed by atoms with Crippen molar-refractivity contribution in [3.63, 3.8) is 0 Å². The van der Waals surface area contributed by atoms with Crippen LogP contribution in [-0.4, -0.2) is 34.6 Å². The predicted octanol–water partition coefficient (Wildman–Crippen LogP) is 3.12. The molecule has 0 spiro atoms. The number of urea groups is 1. The summed E-state index contributed by atoms with van der Waals surface area (Å²) in [5.41, 5.74) is 1.46. The Morgan fingerprint density at radius 2 is 2.25 bits per heavy atom. The van der Waals surface area contributed by atoms with Gasteiger partial charge in [0, 0.05) is 23.3 Å². The SMILES string of the molecule is Cc1c(Cl)cccc1NC(=O)N1CCCC1CC(=O)O. The van der Waals surface area contributed by atoms with Gasteiger partial charge in [0.1, 0.15) is 0 Å². The Bertz CT molecular complexity index is 533. The van der Waals surface area contributed by atoms with Crippen LogP contribution in [-0.2, 0) is 4.79 Å². The van der Waals surface area contributed by atoms with Crippen LogP contribution in [0.2, 0.25) is 5.02 Å². The van der Waals surface area contributed by atoms with E-state index in [1.807, 2.05) is 6.92 Å². The van der Waals surface area contributed by atoms with Crippen molar-refractivity contribution in [1.82, 2.24) is 4.90 Å². The maximum atomic E-state index is 12.2. The highest BCUT2D eigenvalue weighted by molar-refractivity contribution is 6.31. The van der Waals surface area contributed by atoms with E-state index in [0.29, 0.717) is 17.3 Å². The maximum Gasteiger partial charge on any atom is 0.322 e. The smallest absolute Gasteiger partial charge is 0.322 e. The van der Waals surface area contributed by atoms with Gasteiger partial charge in [-0.3, -0.25) is 4.79 Å². The van der Waals surface area contributed by atoms with Crippen LogP contribution in [0.25, 0.3) is 0 Å². The number of hydrogen-bond donors (Lipinski definition) is 2. The Morgan fingerprint density at radius 1 is 1.50 bits per heavy atom. The lowest BCUT2D eigenvalue weighted by molar-refractivity contribution is -0.137. The lowest BCUT2D eigenvalue weighted by Crippen LogP contribution is -2.39.